The summed E-state index contributed by atoms with van der Waals surface area (Å²) in [6, 6.07) is 11.3. The molecule has 0 aliphatic rings. The standard InChI is InChI=1S/C13H11N3O/c1-9-12-11(17)7-8-14-13(12)16(15-9)10-5-3-2-4-6-10/h2-8H,1H3,(H,14,17). The number of pyridine rings is 1. The van der Waals surface area contributed by atoms with Gasteiger partial charge in [-0.05, 0) is 19.1 Å². The van der Waals surface area contributed by atoms with Crippen molar-refractivity contribution in [1.29, 1.82) is 0 Å². The van der Waals surface area contributed by atoms with Gasteiger partial charge in [0.15, 0.2) is 5.43 Å². The Morgan fingerprint density at radius 1 is 1.18 bits per heavy atom. The van der Waals surface area contributed by atoms with Crippen molar-refractivity contribution in [3.63, 3.8) is 0 Å². The molecule has 3 rings (SSSR count). The van der Waals surface area contributed by atoms with Crippen molar-refractivity contribution < 1.29 is 0 Å². The number of para-hydroxylation sites is 1. The zero-order chi connectivity index (χ0) is 11.8. The normalized spacial score (nSPS) is 10.9. The number of benzene rings is 1. The first-order valence-electron chi connectivity index (χ1n) is 5.40. The van der Waals surface area contributed by atoms with Gasteiger partial charge >= 0.3 is 0 Å². The number of aryl methyl sites for hydroxylation is 1. The Bertz CT molecular complexity index is 725. The summed E-state index contributed by atoms with van der Waals surface area (Å²) in [6.07, 6.45) is 1.64. The van der Waals surface area contributed by atoms with Gasteiger partial charge in [0.1, 0.15) is 5.65 Å². The van der Waals surface area contributed by atoms with Crippen LogP contribution in [0.1, 0.15) is 5.69 Å². The molecule has 2 aromatic heterocycles. The fourth-order valence-electron chi connectivity index (χ4n) is 1.99. The first kappa shape index (κ1) is 9.84. The maximum absolute atomic E-state index is 11.8. The van der Waals surface area contributed by atoms with Crippen molar-refractivity contribution in [3.8, 4) is 5.69 Å². The Hall–Kier alpha value is -2.36. The van der Waals surface area contributed by atoms with Gasteiger partial charge in [0.25, 0.3) is 0 Å². The lowest BCUT2D eigenvalue weighted by Gasteiger charge is -2.01. The monoisotopic (exact) mass is 225 g/mol. The van der Waals surface area contributed by atoms with Crippen LogP contribution in [0.2, 0.25) is 0 Å². The van der Waals surface area contributed by atoms with Crippen molar-refractivity contribution in [1.82, 2.24) is 14.8 Å². The molecule has 0 spiro atoms. The van der Waals surface area contributed by atoms with E-state index in [1.807, 2.05) is 37.3 Å². The van der Waals surface area contributed by atoms with Crippen molar-refractivity contribution >= 4 is 11.0 Å². The summed E-state index contributed by atoms with van der Waals surface area (Å²) < 4.78 is 1.76. The fourth-order valence-corrected chi connectivity index (χ4v) is 1.99. The van der Waals surface area contributed by atoms with E-state index in [1.165, 1.54) is 6.07 Å². The molecule has 4 nitrogen and oxygen atoms in total. The Labute approximate surface area is 97.5 Å². The minimum Gasteiger partial charge on any atom is -0.346 e. The van der Waals surface area contributed by atoms with Crippen LogP contribution in [-0.2, 0) is 0 Å². The van der Waals surface area contributed by atoms with E-state index in [2.05, 4.69) is 10.1 Å². The largest absolute Gasteiger partial charge is 0.346 e. The lowest BCUT2D eigenvalue weighted by Crippen LogP contribution is -2.01. The van der Waals surface area contributed by atoms with Gasteiger partial charge in [-0.2, -0.15) is 5.10 Å². The van der Waals surface area contributed by atoms with Crippen LogP contribution in [0, 0.1) is 6.92 Å². The summed E-state index contributed by atoms with van der Waals surface area (Å²) in [5.41, 5.74) is 2.41. The molecule has 0 aliphatic heterocycles. The summed E-state index contributed by atoms with van der Waals surface area (Å²) in [5, 5.41) is 5.06. The van der Waals surface area contributed by atoms with Crippen LogP contribution in [-0.4, -0.2) is 14.8 Å². The molecule has 0 saturated carbocycles. The minimum atomic E-state index is -0.00145. The van der Waals surface area contributed by atoms with Gasteiger partial charge in [0.2, 0.25) is 0 Å². The van der Waals surface area contributed by atoms with Crippen LogP contribution in [0.3, 0.4) is 0 Å². The Balaban J connectivity index is 2.40. The highest BCUT2D eigenvalue weighted by Gasteiger charge is 2.11. The highest BCUT2D eigenvalue weighted by Crippen LogP contribution is 2.16. The molecule has 0 aliphatic carbocycles. The van der Waals surface area contributed by atoms with Crippen LogP contribution in [0.15, 0.2) is 47.4 Å². The zero-order valence-electron chi connectivity index (χ0n) is 9.34. The molecule has 0 saturated heterocycles. The van der Waals surface area contributed by atoms with Crippen LogP contribution in [0.5, 0.6) is 0 Å². The molecular weight excluding hydrogens is 214 g/mol. The van der Waals surface area contributed by atoms with Crippen molar-refractivity contribution in [2.24, 2.45) is 0 Å². The van der Waals surface area contributed by atoms with Crippen LogP contribution < -0.4 is 5.43 Å². The third-order valence-corrected chi connectivity index (χ3v) is 2.76. The number of hydrogen-bond donors (Lipinski definition) is 1. The molecule has 1 N–H and O–H groups in total. The Morgan fingerprint density at radius 2 is 1.94 bits per heavy atom. The second kappa shape index (κ2) is 3.59. The number of aromatic nitrogens is 3. The Kier molecular flexibility index (Phi) is 2.08. The number of H-pyrrole nitrogens is 1. The van der Waals surface area contributed by atoms with Gasteiger partial charge < -0.3 is 4.98 Å². The fraction of sp³-hybridized carbons (Fsp3) is 0.0769. The average molecular weight is 225 g/mol. The number of rotatable bonds is 1. The van der Waals surface area contributed by atoms with E-state index in [1.54, 1.807) is 10.9 Å². The summed E-state index contributed by atoms with van der Waals surface area (Å²) in [7, 11) is 0. The molecule has 84 valence electrons. The van der Waals surface area contributed by atoms with Gasteiger partial charge in [-0.3, -0.25) is 4.79 Å². The van der Waals surface area contributed by atoms with E-state index in [9.17, 15) is 4.79 Å². The van der Waals surface area contributed by atoms with Crippen molar-refractivity contribution in [2.45, 2.75) is 6.92 Å². The molecule has 1 aromatic carbocycles. The maximum atomic E-state index is 11.8. The lowest BCUT2D eigenvalue weighted by molar-refractivity contribution is 0.878. The molecule has 2 heterocycles. The van der Waals surface area contributed by atoms with Crippen LogP contribution in [0.4, 0.5) is 0 Å². The molecule has 0 atom stereocenters. The molecular formula is C13H11N3O. The third kappa shape index (κ3) is 1.45. The maximum Gasteiger partial charge on any atom is 0.192 e. The van der Waals surface area contributed by atoms with E-state index >= 15 is 0 Å². The number of aromatic amines is 1. The Morgan fingerprint density at radius 3 is 2.71 bits per heavy atom. The average Bonchev–Trinajstić information content (AvgIpc) is 2.69. The van der Waals surface area contributed by atoms with Crippen molar-refractivity contribution in [2.75, 3.05) is 0 Å². The molecule has 0 unspecified atom stereocenters. The number of fused-ring (bicyclic) bond motifs is 1. The molecule has 17 heavy (non-hydrogen) atoms. The quantitative estimate of drug-likeness (QED) is 0.688. The first-order valence-corrected chi connectivity index (χ1v) is 5.40. The highest BCUT2D eigenvalue weighted by atomic mass is 16.1. The summed E-state index contributed by atoms with van der Waals surface area (Å²) in [4.78, 5) is 14.9. The molecule has 0 radical (unpaired) electrons. The second-order valence-electron chi connectivity index (χ2n) is 3.90. The van der Waals surface area contributed by atoms with E-state index in [-0.39, 0.29) is 5.43 Å². The van der Waals surface area contributed by atoms with Gasteiger partial charge in [-0.1, -0.05) is 18.2 Å². The van der Waals surface area contributed by atoms with E-state index < -0.39 is 0 Å². The smallest absolute Gasteiger partial charge is 0.192 e. The highest BCUT2D eigenvalue weighted by molar-refractivity contribution is 5.79. The predicted octanol–water partition coefficient (Wildman–Crippen LogP) is 2.02. The summed E-state index contributed by atoms with van der Waals surface area (Å²) >= 11 is 0. The molecule has 0 amide bonds. The van der Waals surface area contributed by atoms with Crippen molar-refractivity contribution in [3.05, 3.63) is 58.5 Å². The van der Waals surface area contributed by atoms with Gasteiger partial charge in [0, 0.05) is 12.3 Å². The predicted molar refractivity (Wildman–Crippen MR) is 66.4 cm³/mol. The van der Waals surface area contributed by atoms with Gasteiger partial charge in [0.05, 0.1) is 16.8 Å². The zero-order valence-corrected chi connectivity index (χ0v) is 9.34. The van der Waals surface area contributed by atoms with E-state index in [4.69, 9.17) is 0 Å². The summed E-state index contributed by atoms with van der Waals surface area (Å²) in [6.45, 7) is 1.84. The molecule has 3 aromatic rings. The van der Waals surface area contributed by atoms with Crippen LogP contribution >= 0.6 is 0 Å². The number of hydrogen-bond acceptors (Lipinski definition) is 2. The third-order valence-electron chi connectivity index (χ3n) is 2.76. The lowest BCUT2D eigenvalue weighted by atomic mass is 10.2. The summed E-state index contributed by atoms with van der Waals surface area (Å²) in [5.74, 6) is 0. The van der Waals surface area contributed by atoms with E-state index in [0.29, 0.717) is 5.39 Å². The molecule has 4 heteroatoms. The number of nitrogens with one attached hydrogen (secondary N) is 1. The van der Waals surface area contributed by atoms with Gasteiger partial charge in [-0.25, -0.2) is 4.68 Å². The first-order chi connectivity index (χ1) is 8.27. The SMILES string of the molecule is Cc1nn(-c2ccccc2)c2[nH]ccc(=O)c12. The number of nitrogens with zero attached hydrogens (tertiary/aromatic N) is 2. The minimum absolute atomic E-state index is 0.00145. The van der Waals surface area contributed by atoms with Crippen LogP contribution in [0.25, 0.3) is 16.7 Å². The second-order valence-corrected chi connectivity index (χ2v) is 3.90. The van der Waals surface area contributed by atoms with Gasteiger partial charge in [-0.15, -0.1) is 0 Å². The van der Waals surface area contributed by atoms with E-state index in [0.717, 1.165) is 17.0 Å². The topological polar surface area (TPSA) is 50.7 Å². The molecule has 0 fully saturated rings. The molecule has 0 bridgehead atoms.